The smallest absolute Gasteiger partial charge is 0.319 e. The van der Waals surface area contributed by atoms with Crippen LogP contribution in [-0.2, 0) is 14.9 Å². The predicted molar refractivity (Wildman–Crippen MR) is 70.6 cm³/mol. The Labute approximate surface area is 112 Å². The van der Waals surface area contributed by atoms with Gasteiger partial charge in [0, 0.05) is 0 Å². The van der Waals surface area contributed by atoms with E-state index in [0.29, 0.717) is 25.3 Å². The van der Waals surface area contributed by atoms with Crippen LogP contribution in [-0.4, -0.2) is 27.4 Å². The monoisotopic (exact) mass is 267 g/mol. The van der Waals surface area contributed by atoms with E-state index in [0.717, 1.165) is 25.7 Å². The van der Waals surface area contributed by atoms with Gasteiger partial charge >= 0.3 is 5.97 Å². The van der Waals surface area contributed by atoms with Crippen molar-refractivity contribution in [1.29, 1.82) is 0 Å². The molecule has 0 unspecified atom stereocenters. The van der Waals surface area contributed by atoms with Crippen LogP contribution < -0.4 is 11.6 Å². The molecule has 0 spiro atoms. The van der Waals surface area contributed by atoms with Crippen LogP contribution in [0.2, 0.25) is 0 Å². The third kappa shape index (κ3) is 2.36. The zero-order chi connectivity index (χ0) is 13.9. The molecule has 0 aliphatic heterocycles. The summed E-state index contributed by atoms with van der Waals surface area (Å²) >= 11 is 0. The van der Waals surface area contributed by atoms with Crippen LogP contribution in [0.1, 0.15) is 51.3 Å². The number of carbonyl (C=O) groups is 1. The molecule has 1 heterocycles. The van der Waals surface area contributed by atoms with Gasteiger partial charge in [0.15, 0.2) is 5.82 Å². The highest BCUT2D eigenvalue weighted by atomic mass is 16.5. The number of hydrogen-bond acceptors (Lipinski definition) is 6. The molecule has 1 aromatic heterocycles. The van der Waals surface area contributed by atoms with E-state index in [1.807, 2.05) is 0 Å². The number of anilines is 1. The molecular formula is C12H21N5O2. The minimum absolute atomic E-state index is 0.114. The van der Waals surface area contributed by atoms with E-state index in [4.69, 9.17) is 16.3 Å². The lowest BCUT2D eigenvalue weighted by Crippen LogP contribution is -2.41. The fourth-order valence-corrected chi connectivity index (χ4v) is 2.75. The molecule has 2 rings (SSSR count). The lowest BCUT2D eigenvalue weighted by molar-refractivity contribution is -0.151. The number of rotatable bonds is 3. The maximum Gasteiger partial charge on any atom is 0.319 e. The molecular weight excluding hydrogens is 246 g/mol. The molecule has 4 N–H and O–H groups in total. The zero-order valence-electron chi connectivity index (χ0n) is 11.3. The topological polar surface area (TPSA) is 109 Å². The first-order chi connectivity index (χ1) is 9.12. The molecule has 0 saturated heterocycles. The average Bonchev–Trinajstić information content (AvgIpc) is 2.63. The lowest BCUT2D eigenvalue weighted by Gasteiger charge is -2.28. The van der Waals surface area contributed by atoms with Crippen molar-refractivity contribution in [2.45, 2.75) is 50.9 Å². The molecule has 1 fully saturated rings. The van der Waals surface area contributed by atoms with E-state index >= 15 is 0 Å². The van der Waals surface area contributed by atoms with Gasteiger partial charge in [0.25, 0.3) is 0 Å². The first-order valence-electron chi connectivity index (χ1n) is 6.75. The second-order valence-corrected chi connectivity index (χ2v) is 4.97. The Kier molecular flexibility index (Phi) is 3.92. The van der Waals surface area contributed by atoms with Gasteiger partial charge in [-0.2, -0.15) is 0 Å². The molecule has 0 aromatic carbocycles. The fourth-order valence-electron chi connectivity index (χ4n) is 2.75. The number of nitrogens with zero attached hydrogens (tertiary/aromatic N) is 3. The molecule has 7 nitrogen and oxygen atoms in total. The Morgan fingerprint density at radius 1 is 1.32 bits per heavy atom. The third-order valence-corrected chi connectivity index (χ3v) is 3.77. The van der Waals surface area contributed by atoms with Gasteiger partial charge < -0.3 is 16.3 Å². The first kappa shape index (κ1) is 13.6. The van der Waals surface area contributed by atoms with Gasteiger partial charge in [-0.05, 0) is 19.8 Å². The van der Waals surface area contributed by atoms with Gasteiger partial charge in [-0.3, -0.25) is 4.79 Å². The molecule has 0 radical (unpaired) electrons. The average molecular weight is 267 g/mol. The molecule has 106 valence electrons. The van der Waals surface area contributed by atoms with Crippen molar-refractivity contribution in [3.8, 4) is 0 Å². The van der Waals surface area contributed by atoms with Crippen LogP contribution in [0.15, 0.2) is 0 Å². The van der Waals surface area contributed by atoms with Crippen molar-refractivity contribution in [1.82, 2.24) is 14.9 Å². The van der Waals surface area contributed by atoms with E-state index < -0.39 is 5.41 Å². The Bertz CT molecular complexity index is 449. The maximum atomic E-state index is 12.4. The Balaban J connectivity index is 2.43. The quantitative estimate of drug-likeness (QED) is 0.474. The molecule has 0 bridgehead atoms. The molecule has 19 heavy (non-hydrogen) atoms. The standard InChI is InChI=1S/C12H21N5O2/c1-2-19-10(18)12(7-5-3-4-6-8-12)9-15-16-11(13)17(9)14/h2-8,14H2,1H3,(H2,13,16). The van der Waals surface area contributed by atoms with Crippen LogP contribution >= 0.6 is 0 Å². The number of aromatic nitrogens is 3. The third-order valence-electron chi connectivity index (χ3n) is 3.77. The number of ether oxygens (including phenoxy) is 1. The molecule has 7 heteroatoms. The fraction of sp³-hybridized carbons (Fsp3) is 0.750. The van der Waals surface area contributed by atoms with E-state index in [1.54, 1.807) is 6.92 Å². The van der Waals surface area contributed by atoms with Crippen molar-refractivity contribution in [3.05, 3.63) is 5.82 Å². The first-order valence-corrected chi connectivity index (χ1v) is 6.75. The van der Waals surface area contributed by atoms with Gasteiger partial charge in [-0.15, -0.1) is 10.2 Å². The van der Waals surface area contributed by atoms with Gasteiger partial charge in [-0.1, -0.05) is 25.7 Å². The van der Waals surface area contributed by atoms with Crippen LogP contribution in [0.3, 0.4) is 0 Å². The van der Waals surface area contributed by atoms with E-state index in [-0.39, 0.29) is 11.9 Å². The number of nitrogen functional groups attached to an aromatic ring is 2. The van der Waals surface area contributed by atoms with Crippen molar-refractivity contribution in [3.63, 3.8) is 0 Å². The van der Waals surface area contributed by atoms with E-state index in [1.165, 1.54) is 4.68 Å². The lowest BCUT2D eigenvalue weighted by atomic mass is 9.79. The summed E-state index contributed by atoms with van der Waals surface area (Å²) in [6.07, 6.45) is 5.48. The van der Waals surface area contributed by atoms with Crippen LogP contribution in [0.5, 0.6) is 0 Å². The van der Waals surface area contributed by atoms with Gasteiger partial charge in [0.05, 0.1) is 6.61 Å². The molecule has 0 amide bonds. The van der Waals surface area contributed by atoms with Gasteiger partial charge in [0.1, 0.15) is 5.41 Å². The summed E-state index contributed by atoms with van der Waals surface area (Å²) in [7, 11) is 0. The SMILES string of the molecule is CCOC(=O)C1(c2nnc(N)n2N)CCCCCC1. The molecule has 1 aliphatic carbocycles. The molecule has 1 aliphatic rings. The summed E-state index contributed by atoms with van der Waals surface area (Å²) in [6.45, 7) is 2.14. The minimum Gasteiger partial charge on any atom is -0.465 e. The highest BCUT2D eigenvalue weighted by Gasteiger charge is 2.46. The maximum absolute atomic E-state index is 12.4. The van der Waals surface area contributed by atoms with Gasteiger partial charge in [-0.25, -0.2) is 4.68 Å². The normalized spacial score (nSPS) is 18.8. The predicted octanol–water partition coefficient (Wildman–Crippen LogP) is 0.729. The van der Waals surface area contributed by atoms with Crippen molar-refractivity contribution in [2.75, 3.05) is 18.2 Å². The molecule has 0 atom stereocenters. The molecule has 1 aromatic rings. The Morgan fingerprint density at radius 2 is 1.95 bits per heavy atom. The second kappa shape index (κ2) is 5.46. The largest absolute Gasteiger partial charge is 0.465 e. The summed E-state index contributed by atoms with van der Waals surface area (Å²) in [5.41, 5.74) is 4.83. The zero-order valence-corrected chi connectivity index (χ0v) is 11.3. The number of nitrogens with two attached hydrogens (primary N) is 2. The highest BCUT2D eigenvalue weighted by Crippen LogP contribution is 2.38. The summed E-state index contributed by atoms with van der Waals surface area (Å²) in [4.78, 5) is 12.4. The van der Waals surface area contributed by atoms with Gasteiger partial charge in [0.2, 0.25) is 5.95 Å². The minimum atomic E-state index is -0.800. The van der Waals surface area contributed by atoms with E-state index in [2.05, 4.69) is 10.2 Å². The summed E-state index contributed by atoms with van der Waals surface area (Å²) in [5.74, 6) is 6.13. The van der Waals surface area contributed by atoms with Crippen molar-refractivity contribution < 1.29 is 9.53 Å². The number of esters is 1. The number of carbonyl (C=O) groups excluding carboxylic acids is 1. The molecule has 1 saturated carbocycles. The highest BCUT2D eigenvalue weighted by molar-refractivity contribution is 5.82. The van der Waals surface area contributed by atoms with Crippen LogP contribution in [0.25, 0.3) is 0 Å². The summed E-state index contributed by atoms with van der Waals surface area (Å²) < 4.78 is 6.45. The second-order valence-electron chi connectivity index (χ2n) is 4.97. The van der Waals surface area contributed by atoms with Crippen molar-refractivity contribution in [2.24, 2.45) is 0 Å². The summed E-state index contributed by atoms with van der Waals surface area (Å²) in [5, 5.41) is 7.79. The number of hydrogen-bond donors (Lipinski definition) is 2. The van der Waals surface area contributed by atoms with Crippen LogP contribution in [0.4, 0.5) is 5.95 Å². The summed E-state index contributed by atoms with van der Waals surface area (Å²) in [6, 6.07) is 0. The Morgan fingerprint density at radius 3 is 2.42 bits per heavy atom. The van der Waals surface area contributed by atoms with Crippen LogP contribution in [0, 0.1) is 0 Å². The van der Waals surface area contributed by atoms with E-state index in [9.17, 15) is 4.79 Å². The van der Waals surface area contributed by atoms with Crippen molar-refractivity contribution >= 4 is 11.9 Å². The Hall–Kier alpha value is -1.79.